The van der Waals surface area contributed by atoms with Crippen molar-refractivity contribution < 1.29 is 0 Å². The molecule has 1 atom stereocenters. The van der Waals surface area contributed by atoms with Crippen molar-refractivity contribution in [3.63, 3.8) is 0 Å². The molecular weight excluding hydrogens is 219 g/mol. The molecule has 1 heterocycles. The van der Waals surface area contributed by atoms with Crippen LogP contribution in [-0.2, 0) is 6.54 Å². The zero-order chi connectivity index (χ0) is 10.3. The summed E-state index contributed by atoms with van der Waals surface area (Å²) >= 11 is 12.1. The van der Waals surface area contributed by atoms with Gasteiger partial charge in [-0.15, -0.1) is 0 Å². The minimum absolute atomic E-state index is 0.278. The predicted molar refractivity (Wildman–Crippen MR) is 59.7 cm³/mol. The lowest BCUT2D eigenvalue weighted by atomic mass is 10.1. The first-order valence-corrected chi connectivity index (χ1v) is 5.27. The van der Waals surface area contributed by atoms with E-state index in [0.717, 1.165) is 12.1 Å². The normalized spacial score (nSPS) is 21.3. The van der Waals surface area contributed by atoms with Crippen LogP contribution in [0.4, 0.5) is 0 Å². The van der Waals surface area contributed by atoms with Gasteiger partial charge in [-0.3, -0.25) is 4.90 Å². The lowest BCUT2D eigenvalue weighted by Crippen LogP contribution is -2.23. The number of benzene rings is 1. The van der Waals surface area contributed by atoms with Gasteiger partial charge >= 0.3 is 0 Å². The maximum Gasteiger partial charge on any atom is 0.0640 e. The Morgan fingerprint density at radius 3 is 2.86 bits per heavy atom. The first-order valence-electron chi connectivity index (χ1n) is 4.52. The monoisotopic (exact) mass is 230 g/mol. The summed E-state index contributed by atoms with van der Waals surface area (Å²) < 4.78 is 0. The molecule has 2 rings (SSSR count). The van der Waals surface area contributed by atoms with Crippen LogP contribution in [0.5, 0.6) is 0 Å². The maximum absolute atomic E-state index is 6.13. The summed E-state index contributed by atoms with van der Waals surface area (Å²) in [4.78, 5) is 2.19. The zero-order valence-electron chi connectivity index (χ0n) is 7.93. The van der Waals surface area contributed by atoms with Crippen LogP contribution in [0, 0.1) is 0 Å². The van der Waals surface area contributed by atoms with Gasteiger partial charge in [-0.1, -0.05) is 29.3 Å². The van der Waals surface area contributed by atoms with Gasteiger partial charge in [0.15, 0.2) is 0 Å². The highest BCUT2D eigenvalue weighted by Crippen LogP contribution is 2.38. The number of rotatable bonds is 1. The average molecular weight is 231 g/mol. The van der Waals surface area contributed by atoms with Gasteiger partial charge in [-0.25, -0.2) is 0 Å². The van der Waals surface area contributed by atoms with E-state index in [-0.39, 0.29) is 6.04 Å². The third kappa shape index (κ3) is 1.43. The molecule has 0 aliphatic carbocycles. The molecule has 1 unspecified atom stereocenters. The third-order valence-corrected chi connectivity index (χ3v) is 3.60. The topological polar surface area (TPSA) is 29.3 Å². The van der Waals surface area contributed by atoms with E-state index >= 15 is 0 Å². The minimum atomic E-state index is 0.278. The maximum atomic E-state index is 6.13. The van der Waals surface area contributed by atoms with Crippen molar-refractivity contribution in [1.82, 2.24) is 4.90 Å². The number of nitrogens with two attached hydrogens (primary N) is 1. The summed E-state index contributed by atoms with van der Waals surface area (Å²) in [5.41, 5.74) is 8.04. The van der Waals surface area contributed by atoms with E-state index < -0.39 is 0 Å². The SMILES string of the molecule is CN1Cc2c(ccc(Cl)c2Cl)C1CN. The summed E-state index contributed by atoms with van der Waals surface area (Å²) in [5.74, 6) is 0. The molecule has 1 aliphatic heterocycles. The molecule has 1 aliphatic rings. The van der Waals surface area contributed by atoms with Crippen molar-refractivity contribution in [2.24, 2.45) is 5.73 Å². The van der Waals surface area contributed by atoms with Crippen molar-refractivity contribution in [3.8, 4) is 0 Å². The summed E-state index contributed by atoms with van der Waals surface area (Å²) in [6.45, 7) is 1.44. The first kappa shape index (κ1) is 10.2. The second kappa shape index (κ2) is 3.70. The van der Waals surface area contributed by atoms with Crippen LogP contribution in [-0.4, -0.2) is 18.5 Å². The van der Waals surface area contributed by atoms with Gasteiger partial charge in [0.2, 0.25) is 0 Å². The Hall–Kier alpha value is -0.280. The second-order valence-electron chi connectivity index (χ2n) is 3.60. The van der Waals surface area contributed by atoms with E-state index in [1.165, 1.54) is 5.56 Å². The fraction of sp³-hybridized carbons (Fsp3) is 0.400. The fourth-order valence-electron chi connectivity index (χ4n) is 1.98. The Morgan fingerprint density at radius 1 is 1.50 bits per heavy atom. The molecule has 0 spiro atoms. The molecule has 0 bridgehead atoms. The molecule has 1 aromatic carbocycles. The van der Waals surface area contributed by atoms with Crippen LogP contribution < -0.4 is 5.73 Å². The van der Waals surface area contributed by atoms with E-state index in [4.69, 9.17) is 28.9 Å². The van der Waals surface area contributed by atoms with Gasteiger partial charge in [-0.05, 0) is 24.2 Å². The van der Waals surface area contributed by atoms with Crippen molar-refractivity contribution in [2.45, 2.75) is 12.6 Å². The Kier molecular flexibility index (Phi) is 2.71. The Labute approximate surface area is 93.6 Å². The summed E-state index contributed by atoms with van der Waals surface area (Å²) in [7, 11) is 2.04. The molecule has 0 aromatic heterocycles. The molecule has 4 heteroatoms. The van der Waals surface area contributed by atoms with E-state index in [0.29, 0.717) is 16.6 Å². The minimum Gasteiger partial charge on any atom is -0.329 e. The Morgan fingerprint density at radius 2 is 2.21 bits per heavy atom. The highest BCUT2D eigenvalue weighted by Gasteiger charge is 2.28. The lowest BCUT2D eigenvalue weighted by molar-refractivity contribution is 0.274. The number of hydrogen-bond donors (Lipinski definition) is 1. The van der Waals surface area contributed by atoms with Gasteiger partial charge < -0.3 is 5.73 Å². The van der Waals surface area contributed by atoms with Gasteiger partial charge in [0, 0.05) is 19.1 Å². The van der Waals surface area contributed by atoms with Crippen molar-refractivity contribution in [2.75, 3.05) is 13.6 Å². The van der Waals surface area contributed by atoms with Crippen LogP contribution in [0.2, 0.25) is 10.0 Å². The predicted octanol–water partition coefficient (Wildman–Crippen LogP) is 2.44. The van der Waals surface area contributed by atoms with Crippen LogP contribution in [0.15, 0.2) is 12.1 Å². The average Bonchev–Trinajstić information content (AvgIpc) is 2.49. The smallest absolute Gasteiger partial charge is 0.0640 e. The van der Waals surface area contributed by atoms with E-state index in [1.807, 2.05) is 19.2 Å². The standard InChI is InChI=1S/C10H12Cl2N2/c1-14-5-7-6(9(14)4-13)2-3-8(11)10(7)12/h2-3,9H,4-5,13H2,1H3. The van der Waals surface area contributed by atoms with E-state index in [1.54, 1.807) is 0 Å². The molecule has 14 heavy (non-hydrogen) atoms. The highest BCUT2D eigenvalue weighted by atomic mass is 35.5. The van der Waals surface area contributed by atoms with Crippen molar-refractivity contribution >= 4 is 23.2 Å². The molecule has 0 fully saturated rings. The number of nitrogens with zero attached hydrogens (tertiary/aromatic N) is 1. The van der Waals surface area contributed by atoms with Gasteiger partial charge in [-0.2, -0.15) is 0 Å². The molecule has 0 saturated carbocycles. The van der Waals surface area contributed by atoms with Crippen molar-refractivity contribution in [1.29, 1.82) is 0 Å². The highest BCUT2D eigenvalue weighted by molar-refractivity contribution is 6.42. The number of likely N-dealkylation sites (N-methyl/N-ethyl adjacent to an activating group) is 1. The molecule has 0 saturated heterocycles. The van der Waals surface area contributed by atoms with Crippen LogP contribution >= 0.6 is 23.2 Å². The molecule has 76 valence electrons. The molecule has 0 radical (unpaired) electrons. The van der Waals surface area contributed by atoms with Gasteiger partial charge in [0.25, 0.3) is 0 Å². The molecule has 0 amide bonds. The lowest BCUT2D eigenvalue weighted by Gasteiger charge is -2.17. The van der Waals surface area contributed by atoms with Crippen LogP contribution in [0.25, 0.3) is 0 Å². The largest absolute Gasteiger partial charge is 0.329 e. The number of fused-ring (bicyclic) bond motifs is 1. The molecule has 2 nitrogen and oxygen atoms in total. The van der Waals surface area contributed by atoms with Crippen LogP contribution in [0.1, 0.15) is 17.2 Å². The van der Waals surface area contributed by atoms with Crippen molar-refractivity contribution in [3.05, 3.63) is 33.3 Å². The quantitative estimate of drug-likeness (QED) is 0.804. The fourth-order valence-corrected chi connectivity index (χ4v) is 2.39. The zero-order valence-corrected chi connectivity index (χ0v) is 9.44. The molecular formula is C10H12Cl2N2. The Balaban J connectivity index is 2.52. The van der Waals surface area contributed by atoms with Gasteiger partial charge in [0.05, 0.1) is 10.0 Å². The number of halogens is 2. The van der Waals surface area contributed by atoms with Gasteiger partial charge in [0.1, 0.15) is 0 Å². The number of hydrogen-bond acceptors (Lipinski definition) is 2. The summed E-state index contributed by atoms with van der Waals surface area (Å²) in [6.07, 6.45) is 0. The Bertz CT molecular complexity index is 365. The van der Waals surface area contributed by atoms with Crippen LogP contribution in [0.3, 0.4) is 0 Å². The van der Waals surface area contributed by atoms with E-state index in [2.05, 4.69) is 4.90 Å². The second-order valence-corrected chi connectivity index (χ2v) is 4.38. The summed E-state index contributed by atoms with van der Waals surface area (Å²) in [6, 6.07) is 4.13. The summed E-state index contributed by atoms with van der Waals surface area (Å²) in [5, 5.41) is 1.29. The molecule has 1 aromatic rings. The molecule has 2 N–H and O–H groups in total. The first-order chi connectivity index (χ1) is 6.65. The third-order valence-electron chi connectivity index (χ3n) is 2.75. The van der Waals surface area contributed by atoms with E-state index in [9.17, 15) is 0 Å².